The molecule has 1 amide bonds. The molecule has 1 aromatic rings. The summed E-state index contributed by atoms with van der Waals surface area (Å²) >= 11 is 0. The number of sulfonamides is 1. The standard InChI is InChI=1S/C15H22N2O4S/c1-2-15(18)16-8-7-13-3-5-14(6-4-13)22(19,20)17-9-11-21-12-10-17/h3-6H,2,7-12H2,1H3,(H,16,18). The van der Waals surface area contributed by atoms with Crippen LogP contribution < -0.4 is 5.32 Å². The average Bonchev–Trinajstić information content (AvgIpc) is 2.56. The smallest absolute Gasteiger partial charge is 0.243 e. The van der Waals surface area contributed by atoms with E-state index in [1.807, 2.05) is 0 Å². The summed E-state index contributed by atoms with van der Waals surface area (Å²) in [7, 11) is -3.43. The number of carbonyl (C=O) groups is 1. The molecular weight excluding hydrogens is 304 g/mol. The minimum atomic E-state index is -3.43. The van der Waals surface area contributed by atoms with Crippen molar-refractivity contribution in [1.82, 2.24) is 9.62 Å². The number of nitrogens with zero attached hydrogens (tertiary/aromatic N) is 1. The number of amides is 1. The Morgan fingerprint density at radius 3 is 2.45 bits per heavy atom. The number of benzene rings is 1. The van der Waals surface area contributed by atoms with Gasteiger partial charge in [-0.05, 0) is 24.1 Å². The van der Waals surface area contributed by atoms with Crippen molar-refractivity contribution < 1.29 is 17.9 Å². The first-order valence-corrected chi connectivity index (χ1v) is 8.91. The second kappa shape index (κ2) is 7.71. The van der Waals surface area contributed by atoms with E-state index in [1.54, 1.807) is 31.2 Å². The Kier molecular flexibility index (Phi) is 5.93. The molecule has 0 aromatic heterocycles. The Morgan fingerprint density at radius 1 is 1.23 bits per heavy atom. The first-order chi connectivity index (χ1) is 10.5. The van der Waals surface area contributed by atoms with Crippen LogP contribution in [-0.4, -0.2) is 51.5 Å². The van der Waals surface area contributed by atoms with E-state index in [0.717, 1.165) is 5.56 Å². The van der Waals surface area contributed by atoms with Gasteiger partial charge in [0.05, 0.1) is 18.1 Å². The molecule has 1 fully saturated rings. The largest absolute Gasteiger partial charge is 0.379 e. The Morgan fingerprint density at radius 2 is 1.86 bits per heavy atom. The van der Waals surface area contributed by atoms with Gasteiger partial charge in [0, 0.05) is 26.1 Å². The summed E-state index contributed by atoms with van der Waals surface area (Å²) in [6, 6.07) is 6.85. The van der Waals surface area contributed by atoms with Gasteiger partial charge in [-0.2, -0.15) is 4.31 Å². The average molecular weight is 326 g/mol. The van der Waals surface area contributed by atoms with Crippen molar-refractivity contribution in [2.75, 3.05) is 32.8 Å². The van der Waals surface area contributed by atoms with Gasteiger partial charge in [-0.3, -0.25) is 4.79 Å². The third-order valence-corrected chi connectivity index (χ3v) is 5.50. The van der Waals surface area contributed by atoms with Gasteiger partial charge < -0.3 is 10.1 Å². The van der Waals surface area contributed by atoms with Gasteiger partial charge in [0.25, 0.3) is 0 Å². The van der Waals surface area contributed by atoms with Crippen LogP contribution in [0, 0.1) is 0 Å². The molecule has 0 unspecified atom stereocenters. The fraction of sp³-hybridized carbons (Fsp3) is 0.533. The first-order valence-electron chi connectivity index (χ1n) is 7.47. The number of ether oxygens (including phenoxy) is 1. The molecule has 1 heterocycles. The lowest BCUT2D eigenvalue weighted by atomic mass is 10.1. The second-order valence-electron chi connectivity index (χ2n) is 5.11. The summed E-state index contributed by atoms with van der Waals surface area (Å²) in [5.74, 6) is 0.0199. The Bertz CT molecular complexity index is 592. The normalized spacial score (nSPS) is 16.4. The molecule has 1 aromatic carbocycles. The van der Waals surface area contributed by atoms with Gasteiger partial charge in [-0.15, -0.1) is 0 Å². The second-order valence-corrected chi connectivity index (χ2v) is 7.05. The number of hydrogen-bond acceptors (Lipinski definition) is 4. The molecular formula is C15H22N2O4S. The zero-order valence-corrected chi connectivity index (χ0v) is 13.6. The van der Waals surface area contributed by atoms with Crippen molar-refractivity contribution in [3.05, 3.63) is 29.8 Å². The molecule has 0 saturated carbocycles. The fourth-order valence-corrected chi connectivity index (χ4v) is 3.64. The van der Waals surface area contributed by atoms with Crippen LogP contribution in [0.3, 0.4) is 0 Å². The molecule has 1 N–H and O–H groups in total. The molecule has 0 radical (unpaired) electrons. The zero-order chi connectivity index (χ0) is 16.0. The van der Waals surface area contributed by atoms with E-state index in [1.165, 1.54) is 4.31 Å². The van der Waals surface area contributed by atoms with Gasteiger partial charge >= 0.3 is 0 Å². The van der Waals surface area contributed by atoms with Crippen molar-refractivity contribution >= 4 is 15.9 Å². The molecule has 0 atom stereocenters. The van der Waals surface area contributed by atoms with Crippen molar-refractivity contribution in [2.24, 2.45) is 0 Å². The highest BCUT2D eigenvalue weighted by Gasteiger charge is 2.25. The summed E-state index contributed by atoms with van der Waals surface area (Å²) < 4.78 is 31.5. The van der Waals surface area contributed by atoms with Crippen LogP contribution in [0.15, 0.2) is 29.2 Å². The fourth-order valence-electron chi connectivity index (χ4n) is 2.24. The summed E-state index contributed by atoms with van der Waals surface area (Å²) in [6.07, 6.45) is 1.15. The van der Waals surface area contributed by atoms with E-state index in [4.69, 9.17) is 4.74 Å². The lowest BCUT2D eigenvalue weighted by Gasteiger charge is -2.26. The maximum atomic E-state index is 12.5. The van der Waals surface area contributed by atoms with Gasteiger partial charge in [-0.1, -0.05) is 19.1 Å². The first kappa shape index (κ1) is 16.9. The number of rotatable bonds is 6. The van der Waals surface area contributed by atoms with Crippen molar-refractivity contribution in [3.8, 4) is 0 Å². The van der Waals surface area contributed by atoms with Crippen LogP contribution in [0.25, 0.3) is 0 Å². The molecule has 1 saturated heterocycles. The molecule has 0 aliphatic carbocycles. The number of carbonyl (C=O) groups excluding carboxylic acids is 1. The summed E-state index contributed by atoms with van der Waals surface area (Å²) in [6.45, 7) is 4.03. The van der Waals surface area contributed by atoms with Crippen molar-refractivity contribution in [3.63, 3.8) is 0 Å². The van der Waals surface area contributed by atoms with Crippen LogP contribution in [0.1, 0.15) is 18.9 Å². The topological polar surface area (TPSA) is 75.7 Å². The Hall–Kier alpha value is -1.44. The lowest BCUT2D eigenvalue weighted by Crippen LogP contribution is -2.40. The van der Waals surface area contributed by atoms with E-state index < -0.39 is 10.0 Å². The van der Waals surface area contributed by atoms with E-state index >= 15 is 0 Å². The van der Waals surface area contributed by atoms with Gasteiger partial charge in [0.2, 0.25) is 15.9 Å². The molecule has 6 nitrogen and oxygen atoms in total. The quantitative estimate of drug-likeness (QED) is 0.838. The number of nitrogens with one attached hydrogen (secondary N) is 1. The Labute approximate surface area is 131 Å². The molecule has 1 aliphatic rings. The third-order valence-electron chi connectivity index (χ3n) is 3.59. The summed E-state index contributed by atoms with van der Waals surface area (Å²) in [5, 5.41) is 2.80. The number of morpholine rings is 1. The highest BCUT2D eigenvalue weighted by Crippen LogP contribution is 2.17. The highest BCUT2D eigenvalue weighted by atomic mass is 32.2. The van der Waals surface area contributed by atoms with Crippen LogP contribution in [-0.2, 0) is 26.0 Å². The van der Waals surface area contributed by atoms with Crippen LogP contribution in [0.5, 0.6) is 0 Å². The van der Waals surface area contributed by atoms with Gasteiger partial charge in [0.1, 0.15) is 0 Å². The molecule has 122 valence electrons. The molecule has 2 rings (SSSR count). The monoisotopic (exact) mass is 326 g/mol. The van der Waals surface area contributed by atoms with Crippen LogP contribution >= 0.6 is 0 Å². The van der Waals surface area contributed by atoms with E-state index in [-0.39, 0.29) is 5.91 Å². The summed E-state index contributed by atoms with van der Waals surface area (Å²) in [4.78, 5) is 11.5. The SMILES string of the molecule is CCC(=O)NCCc1ccc(S(=O)(=O)N2CCOCC2)cc1. The van der Waals surface area contributed by atoms with E-state index in [0.29, 0.717) is 50.6 Å². The maximum Gasteiger partial charge on any atom is 0.243 e. The van der Waals surface area contributed by atoms with Crippen molar-refractivity contribution in [2.45, 2.75) is 24.7 Å². The minimum absolute atomic E-state index is 0.0199. The predicted molar refractivity (Wildman–Crippen MR) is 83.0 cm³/mol. The number of hydrogen-bond donors (Lipinski definition) is 1. The predicted octanol–water partition coefficient (Wildman–Crippen LogP) is 0.776. The minimum Gasteiger partial charge on any atom is -0.379 e. The van der Waals surface area contributed by atoms with Crippen LogP contribution in [0.4, 0.5) is 0 Å². The lowest BCUT2D eigenvalue weighted by molar-refractivity contribution is -0.120. The molecule has 0 spiro atoms. The summed E-state index contributed by atoms with van der Waals surface area (Å²) in [5.41, 5.74) is 0.998. The van der Waals surface area contributed by atoms with Gasteiger partial charge in [0.15, 0.2) is 0 Å². The highest BCUT2D eigenvalue weighted by molar-refractivity contribution is 7.89. The third kappa shape index (κ3) is 4.28. The molecule has 0 bridgehead atoms. The maximum absolute atomic E-state index is 12.5. The molecule has 1 aliphatic heterocycles. The van der Waals surface area contributed by atoms with Crippen LogP contribution in [0.2, 0.25) is 0 Å². The van der Waals surface area contributed by atoms with Gasteiger partial charge in [-0.25, -0.2) is 8.42 Å². The zero-order valence-electron chi connectivity index (χ0n) is 12.7. The molecule has 22 heavy (non-hydrogen) atoms. The van der Waals surface area contributed by atoms with Crippen molar-refractivity contribution in [1.29, 1.82) is 0 Å². The Balaban J connectivity index is 1.97. The van der Waals surface area contributed by atoms with E-state index in [9.17, 15) is 13.2 Å². The molecule has 7 heteroatoms. The van der Waals surface area contributed by atoms with E-state index in [2.05, 4.69) is 5.32 Å².